The number of nitrogens with zero attached hydrogens (tertiary/aromatic N) is 1. The number of nitrogens with one attached hydrogen (secondary N) is 1. The highest BCUT2D eigenvalue weighted by Gasteiger charge is 2.24. The van der Waals surface area contributed by atoms with Crippen molar-refractivity contribution < 1.29 is 14.3 Å². The fourth-order valence-electron chi connectivity index (χ4n) is 2.09. The number of benzene rings is 1. The molecule has 2 rings (SSSR count). The molecule has 5 nitrogen and oxygen atoms in total. The summed E-state index contributed by atoms with van der Waals surface area (Å²) in [4.78, 5) is 25.4. The SMILES string of the molecule is CNCC(=O)c1ccc2c(c1)N(C)C(=O)CC(C)O2. The number of likely N-dealkylation sites (N-methyl/N-ethyl adjacent to an activating group) is 1. The average molecular weight is 262 g/mol. The van der Waals surface area contributed by atoms with Crippen molar-refractivity contribution in [2.75, 3.05) is 25.5 Å². The molecule has 1 aliphatic rings. The summed E-state index contributed by atoms with van der Waals surface area (Å²) in [6, 6.07) is 5.20. The topological polar surface area (TPSA) is 58.6 Å². The summed E-state index contributed by atoms with van der Waals surface area (Å²) < 4.78 is 5.70. The van der Waals surface area contributed by atoms with Crippen LogP contribution in [-0.2, 0) is 4.79 Å². The molecular weight excluding hydrogens is 244 g/mol. The second-order valence-corrected chi connectivity index (χ2v) is 4.72. The standard InChI is InChI=1S/C14H18N2O3/c1-9-6-14(18)16(3)11-7-10(12(17)8-15-2)4-5-13(11)19-9/h4-5,7,9,15H,6,8H2,1-3H3. The summed E-state index contributed by atoms with van der Waals surface area (Å²) in [6.45, 7) is 2.13. The Balaban J connectivity index is 2.40. The van der Waals surface area contributed by atoms with E-state index in [0.29, 0.717) is 23.4 Å². The molecule has 1 aromatic rings. The lowest BCUT2D eigenvalue weighted by Gasteiger charge is -2.17. The van der Waals surface area contributed by atoms with Crippen LogP contribution >= 0.6 is 0 Å². The van der Waals surface area contributed by atoms with Gasteiger partial charge in [-0.25, -0.2) is 0 Å². The van der Waals surface area contributed by atoms with E-state index in [0.717, 1.165) is 0 Å². The third-order valence-electron chi connectivity index (χ3n) is 3.14. The minimum Gasteiger partial charge on any atom is -0.488 e. The van der Waals surface area contributed by atoms with Crippen LogP contribution in [0.3, 0.4) is 0 Å². The molecular formula is C14H18N2O3. The van der Waals surface area contributed by atoms with Crippen molar-refractivity contribution in [2.45, 2.75) is 19.4 Å². The molecule has 1 heterocycles. The summed E-state index contributed by atoms with van der Waals surface area (Å²) in [5.41, 5.74) is 1.22. The zero-order valence-electron chi connectivity index (χ0n) is 11.4. The van der Waals surface area contributed by atoms with E-state index in [1.807, 2.05) is 6.92 Å². The van der Waals surface area contributed by atoms with Crippen LogP contribution < -0.4 is 15.0 Å². The molecule has 0 saturated heterocycles. The van der Waals surface area contributed by atoms with Crippen LogP contribution in [0.4, 0.5) is 5.69 Å². The second-order valence-electron chi connectivity index (χ2n) is 4.72. The van der Waals surface area contributed by atoms with E-state index in [1.54, 1.807) is 37.2 Å². The van der Waals surface area contributed by atoms with Gasteiger partial charge < -0.3 is 15.0 Å². The van der Waals surface area contributed by atoms with Gasteiger partial charge in [0.2, 0.25) is 5.91 Å². The number of anilines is 1. The van der Waals surface area contributed by atoms with E-state index in [4.69, 9.17) is 4.74 Å². The Morgan fingerprint density at radius 2 is 2.26 bits per heavy atom. The third kappa shape index (κ3) is 2.76. The van der Waals surface area contributed by atoms with E-state index in [9.17, 15) is 9.59 Å². The Morgan fingerprint density at radius 3 is 2.95 bits per heavy atom. The molecule has 0 aliphatic carbocycles. The Morgan fingerprint density at radius 1 is 1.53 bits per heavy atom. The van der Waals surface area contributed by atoms with E-state index in [-0.39, 0.29) is 24.3 Å². The molecule has 1 amide bonds. The number of rotatable bonds is 3. The molecule has 0 bridgehead atoms. The van der Waals surface area contributed by atoms with Crippen molar-refractivity contribution in [1.29, 1.82) is 0 Å². The number of hydrogen-bond acceptors (Lipinski definition) is 4. The second kappa shape index (κ2) is 5.40. The van der Waals surface area contributed by atoms with E-state index < -0.39 is 0 Å². The lowest BCUT2D eigenvalue weighted by atomic mass is 10.1. The van der Waals surface area contributed by atoms with E-state index in [2.05, 4.69) is 5.32 Å². The Hall–Kier alpha value is -1.88. The van der Waals surface area contributed by atoms with Crippen LogP contribution in [0.5, 0.6) is 5.75 Å². The summed E-state index contributed by atoms with van der Waals surface area (Å²) in [7, 11) is 3.43. The van der Waals surface area contributed by atoms with Gasteiger partial charge >= 0.3 is 0 Å². The number of fused-ring (bicyclic) bond motifs is 1. The molecule has 1 atom stereocenters. The summed E-state index contributed by atoms with van der Waals surface area (Å²) >= 11 is 0. The minimum absolute atomic E-state index is 0.00975. The quantitative estimate of drug-likeness (QED) is 0.832. The number of ketones is 1. The monoisotopic (exact) mass is 262 g/mol. The number of carbonyl (C=O) groups is 2. The first kappa shape index (κ1) is 13.5. The van der Waals surface area contributed by atoms with Crippen LogP contribution in [0, 0.1) is 0 Å². The highest BCUT2D eigenvalue weighted by molar-refractivity contribution is 6.01. The molecule has 0 fully saturated rings. The predicted molar refractivity (Wildman–Crippen MR) is 72.8 cm³/mol. The molecule has 0 saturated carbocycles. The van der Waals surface area contributed by atoms with Crippen LogP contribution in [0.1, 0.15) is 23.7 Å². The van der Waals surface area contributed by atoms with Crippen molar-refractivity contribution in [1.82, 2.24) is 5.32 Å². The summed E-state index contributed by atoms with van der Waals surface area (Å²) in [5, 5.41) is 2.82. The molecule has 1 aromatic carbocycles. The number of hydrogen-bond donors (Lipinski definition) is 1. The average Bonchev–Trinajstić information content (AvgIpc) is 2.47. The van der Waals surface area contributed by atoms with Gasteiger partial charge in [-0.05, 0) is 32.2 Å². The smallest absolute Gasteiger partial charge is 0.230 e. The minimum atomic E-state index is -0.157. The van der Waals surface area contributed by atoms with Crippen molar-refractivity contribution in [2.24, 2.45) is 0 Å². The lowest BCUT2D eigenvalue weighted by Crippen LogP contribution is -2.27. The van der Waals surface area contributed by atoms with Gasteiger partial charge in [-0.3, -0.25) is 9.59 Å². The van der Waals surface area contributed by atoms with Crippen LogP contribution in [0.15, 0.2) is 18.2 Å². The van der Waals surface area contributed by atoms with Crippen LogP contribution in [0.2, 0.25) is 0 Å². The van der Waals surface area contributed by atoms with Crippen molar-refractivity contribution in [3.8, 4) is 5.75 Å². The van der Waals surface area contributed by atoms with Gasteiger partial charge in [-0.15, -0.1) is 0 Å². The van der Waals surface area contributed by atoms with Gasteiger partial charge in [-0.1, -0.05) is 0 Å². The number of ether oxygens (including phenoxy) is 1. The zero-order chi connectivity index (χ0) is 14.0. The van der Waals surface area contributed by atoms with Gasteiger partial charge in [0.1, 0.15) is 11.9 Å². The van der Waals surface area contributed by atoms with Crippen molar-refractivity contribution in [3.05, 3.63) is 23.8 Å². The van der Waals surface area contributed by atoms with Gasteiger partial charge in [0.05, 0.1) is 18.7 Å². The molecule has 0 aromatic heterocycles. The maximum absolute atomic E-state index is 11.9. The lowest BCUT2D eigenvalue weighted by molar-refractivity contribution is -0.119. The maximum Gasteiger partial charge on any atom is 0.230 e. The number of Topliss-reactive ketones (excluding diaryl/α,β-unsaturated/α-hetero) is 1. The molecule has 19 heavy (non-hydrogen) atoms. The van der Waals surface area contributed by atoms with Gasteiger partial charge in [0.25, 0.3) is 0 Å². The first-order valence-corrected chi connectivity index (χ1v) is 6.28. The number of carbonyl (C=O) groups excluding carboxylic acids is 2. The first-order chi connectivity index (χ1) is 9.02. The first-order valence-electron chi connectivity index (χ1n) is 6.28. The van der Waals surface area contributed by atoms with Crippen LogP contribution in [0.25, 0.3) is 0 Å². The molecule has 0 spiro atoms. The molecule has 1 aliphatic heterocycles. The van der Waals surface area contributed by atoms with E-state index >= 15 is 0 Å². The highest BCUT2D eigenvalue weighted by atomic mass is 16.5. The zero-order valence-corrected chi connectivity index (χ0v) is 11.4. The molecule has 1 unspecified atom stereocenters. The Bertz CT molecular complexity index is 513. The fourth-order valence-corrected chi connectivity index (χ4v) is 2.09. The van der Waals surface area contributed by atoms with Gasteiger partial charge in [-0.2, -0.15) is 0 Å². The molecule has 102 valence electrons. The summed E-state index contributed by atoms with van der Waals surface area (Å²) in [5.74, 6) is 0.620. The maximum atomic E-state index is 11.9. The third-order valence-corrected chi connectivity index (χ3v) is 3.14. The molecule has 0 radical (unpaired) electrons. The fraction of sp³-hybridized carbons (Fsp3) is 0.429. The van der Waals surface area contributed by atoms with Gasteiger partial charge in [0.15, 0.2) is 5.78 Å². The van der Waals surface area contributed by atoms with Crippen LogP contribution in [-0.4, -0.2) is 38.4 Å². The van der Waals surface area contributed by atoms with E-state index in [1.165, 1.54) is 0 Å². The van der Waals surface area contributed by atoms with Crippen molar-refractivity contribution in [3.63, 3.8) is 0 Å². The Labute approximate surface area is 112 Å². The molecule has 1 N–H and O–H groups in total. The molecule has 5 heteroatoms. The van der Waals surface area contributed by atoms with Crippen molar-refractivity contribution >= 4 is 17.4 Å². The van der Waals surface area contributed by atoms with Gasteiger partial charge in [0, 0.05) is 12.6 Å². The largest absolute Gasteiger partial charge is 0.488 e. The predicted octanol–water partition coefficient (Wildman–Crippen LogP) is 1.22. The Kier molecular flexibility index (Phi) is 3.85. The highest BCUT2D eigenvalue weighted by Crippen LogP contribution is 2.33. The normalized spacial score (nSPS) is 18.6. The number of amides is 1. The summed E-state index contributed by atoms with van der Waals surface area (Å²) in [6.07, 6.45) is 0.181.